The number of amides is 1. The molecule has 0 bridgehead atoms. The van der Waals surface area contributed by atoms with Crippen molar-refractivity contribution in [3.8, 4) is 0 Å². The average Bonchev–Trinajstić information content (AvgIpc) is 3.27. The van der Waals surface area contributed by atoms with Crippen molar-refractivity contribution in [2.75, 3.05) is 13.1 Å². The van der Waals surface area contributed by atoms with Gasteiger partial charge in [-0.25, -0.2) is 0 Å². The zero-order valence-electron chi connectivity index (χ0n) is 12.3. The summed E-state index contributed by atoms with van der Waals surface area (Å²) in [6.45, 7) is -0.124. The molecule has 7 heteroatoms. The Morgan fingerprint density at radius 3 is 2.52 bits per heavy atom. The molecule has 1 aromatic carbocycles. The fraction of sp³-hybridized carbons (Fsp3) is 0.562. The van der Waals surface area contributed by atoms with E-state index in [-0.39, 0.29) is 30.8 Å². The molecule has 1 aliphatic carbocycles. The minimum atomic E-state index is -4.65. The van der Waals surface area contributed by atoms with Gasteiger partial charge >= 0.3 is 6.18 Å². The molecule has 3 nitrogen and oxygen atoms in total. The lowest BCUT2D eigenvalue weighted by atomic mass is 9.90. The summed E-state index contributed by atoms with van der Waals surface area (Å²) < 4.78 is 38.3. The highest BCUT2D eigenvalue weighted by Gasteiger charge is 2.56. The molecule has 1 N–H and O–H groups in total. The van der Waals surface area contributed by atoms with Crippen LogP contribution in [0.1, 0.15) is 30.7 Å². The summed E-state index contributed by atoms with van der Waals surface area (Å²) in [7, 11) is 0. The molecular formula is C16H17ClF3NO2. The SMILES string of the molecule is O=C([C@@H]1C[C@H]1c1cccc(Cl)c1)N1CCC(O)(C(F)(F)F)CC1. The summed E-state index contributed by atoms with van der Waals surface area (Å²) in [6, 6.07) is 7.30. The number of likely N-dealkylation sites (tertiary alicyclic amines) is 1. The quantitative estimate of drug-likeness (QED) is 0.891. The number of carbonyl (C=O) groups is 1. The van der Waals surface area contributed by atoms with Gasteiger partial charge in [-0.3, -0.25) is 4.79 Å². The summed E-state index contributed by atoms with van der Waals surface area (Å²) >= 11 is 5.94. The van der Waals surface area contributed by atoms with Gasteiger partial charge in [0, 0.05) is 36.9 Å². The first kappa shape index (κ1) is 16.6. The molecule has 2 atom stereocenters. The lowest BCUT2D eigenvalue weighted by Crippen LogP contribution is -2.54. The predicted octanol–water partition coefficient (Wildman–Crippen LogP) is 3.36. The van der Waals surface area contributed by atoms with Crippen molar-refractivity contribution in [1.29, 1.82) is 0 Å². The van der Waals surface area contributed by atoms with Gasteiger partial charge in [-0.1, -0.05) is 23.7 Å². The largest absolute Gasteiger partial charge is 0.417 e. The average molecular weight is 348 g/mol. The number of aliphatic hydroxyl groups is 1. The van der Waals surface area contributed by atoms with Gasteiger partial charge in [0.15, 0.2) is 5.60 Å². The molecule has 3 rings (SSSR count). The standard InChI is InChI=1S/C16H17ClF3NO2/c17-11-3-1-2-10(8-11)12-9-13(12)14(22)21-6-4-15(23,5-7-21)16(18,19)20/h1-3,8,12-13,23H,4-7,9H2/t12-,13+/m0/s1. The van der Waals surface area contributed by atoms with Crippen LogP contribution in [0.3, 0.4) is 0 Å². The molecule has 126 valence electrons. The number of rotatable bonds is 2. The van der Waals surface area contributed by atoms with Crippen molar-refractivity contribution >= 4 is 17.5 Å². The van der Waals surface area contributed by atoms with E-state index >= 15 is 0 Å². The van der Waals surface area contributed by atoms with Gasteiger partial charge in [0.2, 0.25) is 5.91 Å². The molecule has 2 aliphatic rings. The highest BCUT2D eigenvalue weighted by atomic mass is 35.5. The van der Waals surface area contributed by atoms with Crippen LogP contribution in [-0.4, -0.2) is 40.8 Å². The van der Waals surface area contributed by atoms with Crippen LogP contribution in [-0.2, 0) is 4.79 Å². The third-order valence-corrected chi connectivity index (χ3v) is 5.05. The maximum atomic E-state index is 12.8. The van der Waals surface area contributed by atoms with E-state index in [1.54, 1.807) is 6.07 Å². The lowest BCUT2D eigenvalue weighted by molar-refractivity contribution is -0.272. The van der Waals surface area contributed by atoms with E-state index in [4.69, 9.17) is 11.6 Å². The summed E-state index contributed by atoms with van der Waals surface area (Å²) in [5, 5.41) is 10.2. The van der Waals surface area contributed by atoms with Gasteiger partial charge in [-0.15, -0.1) is 0 Å². The third-order valence-electron chi connectivity index (χ3n) is 4.81. The highest BCUT2D eigenvalue weighted by molar-refractivity contribution is 6.30. The van der Waals surface area contributed by atoms with Crippen LogP contribution in [0.2, 0.25) is 5.02 Å². The van der Waals surface area contributed by atoms with Crippen LogP contribution >= 0.6 is 11.6 Å². The van der Waals surface area contributed by atoms with E-state index in [9.17, 15) is 23.1 Å². The van der Waals surface area contributed by atoms with Crippen molar-refractivity contribution in [2.24, 2.45) is 5.92 Å². The monoisotopic (exact) mass is 347 g/mol. The topological polar surface area (TPSA) is 40.5 Å². The minimum absolute atomic E-state index is 0.0619. The smallest absolute Gasteiger partial charge is 0.380 e. The molecule has 1 heterocycles. The third kappa shape index (κ3) is 3.19. The van der Waals surface area contributed by atoms with E-state index in [1.165, 1.54) is 4.90 Å². The van der Waals surface area contributed by atoms with Gasteiger partial charge in [-0.05, 0) is 30.0 Å². The second-order valence-electron chi connectivity index (χ2n) is 6.36. The van der Waals surface area contributed by atoms with Gasteiger partial charge in [-0.2, -0.15) is 13.2 Å². The minimum Gasteiger partial charge on any atom is -0.380 e. The number of hydrogen-bond acceptors (Lipinski definition) is 2. The Morgan fingerprint density at radius 1 is 1.30 bits per heavy atom. The Labute approximate surface area is 137 Å². The van der Waals surface area contributed by atoms with Crippen molar-refractivity contribution in [1.82, 2.24) is 4.90 Å². The second kappa shape index (κ2) is 5.67. The van der Waals surface area contributed by atoms with Crippen LogP contribution in [0.5, 0.6) is 0 Å². The normalized spacial score (nSPS) is 26.9. The number of carbonyl (C=O) groups excluding carboxylic acids is 1. The van der Waals surface area contributed by atoms with Crippen LogP contribution in [0, 0.1) is 5.92 Å². The van der Waals surface area contributed by atoms with Crippen molar-refractivity contribution in [3.63, 3.8) is 0 Å². The fourth-order valence-corrected chi connectivity index (χ4v) is 3.39. The van der Waals surface area contributed by atoms with Crippen LogP contribution in [0.4, 0.5) is 13.2 Å². The summed E-state index contributed by atoms with van der Waals surface area (Å²) in [5.74, 6) is -0.227. The number of hydrogen-bond donors (Lipinski definition) is 1. The highest BCUT2D eigenvalue weighted by Crippen LogP contribution is 2.49. The lowest BCUT2D eigenvalue weighted by Gasteiger charge is -2.39. The molecule has 1 aliphatic heterocycles. The number of piperidine rings is 1. The van der Waals surface area contributed by atoms with Crippen molar-refractivity contribution in [3.05, 3.63) is 34.9 Å². The summed E-state index contributed by atoms with van der Waals surface area (Å²) in [6.07, 6.45) is -4.88. The first-order chi connectivity index (χ1) is 10.7. The second-order valence-corrected chi connectivity index (χ2v) is 6.79. The molecule has 0 radical (unpaired) electrons. The van der Waals surface area contributed by atoms with Crippen LogP contribution in [0.25, 0.3) is 0 Å². The zero-order chi connectivity index (χ0) is 16.8. The Morgan fingerprint density at radius 2 is 1.96 bits per heavy atom. The van der Waals surface area contributed by atoms with Crippen LogP contribution in [0.15, 0.2) is 24.3 Å². The predicted molar refractivity (Wildman–Crippen MR) is 79.1 cm³/mol. The Balaban J connectivity index is 1.59. The van der Waals surface area contributed by atoms with Crippen molar-refractivity contribution < 1.29 is 23.1 Å². The van der Waals surface area contributed by atoms with Gasteiger partial charge in [0.05, 0.1) is 0 Å². The fourth-order valence-electron chi connectivity index (χ4n) is 3.19. The van der Waals surface area contributed by atoms with E-state index in [0.717, 1.165) is 5.56 Å². The Kier molecular flexibility index (Phi) is 4.09. The molecule has 1 saturated carbocycles. The van der Waals surface area contributed by atoms with Crippen molar-refractivity contribution in [2.45, 2.75) is 37.0 Å². The molecule has 0 unspecified atom stereocenters. The number of nitrogens with zero attached hydrogens (tertiary/aromatic N) is 1. The first-order valence-corrected chi connectivity index (χ1v) is 7.92. The Bertz CT molecular complexity index is 612. The molecule has 1 amide bonds. The number of alkyl halides is 3. The van der Waals surface area contributed by atoms with E-state index in [2.05, 4.69) is 0 Å². The van der Waals surface area contributed by atoms with E-state index in [0.29, 0.717) is 11.4 Å². The number of halogens is 4. The molecule has 1 aromatic rings. The van der Waals surface area contributed by atoms with Crippen LogP contribution < -0.4 is 0 Å². The molecule has 2 fully saturated rings. The summed E-state index contributed by atoms with van der Waals surface area (Å²) in [5.41, 5.74) is -1.68. The molecule has 23 heavy (non-hydrogen) atoms. The number of benzene rings is 1. The molecular weight excluding hydrogens is 331 g/mol. The van der Waals surface area contributed by atoms with Gasteiger partial charge in [0.1, 0.15) is 0 Å². The molecule has 1 saturated heterocycles. The summed E-state index contributed by atoms with van der Waals surface area (Å²) in [4.78, 5) is 13.9. The maximum absolute atomic E-state index is 12.8. The van der Waals surface area contributed by atoms with Gasteiger partial charge < -0.3 is 10.0 Å². The Hall–Kier alpha value is -1.27. The zero-order valence-corrected chi connectivity index (χ0v) is 13.1. The van der Waals surface area contributed by atoms with Gasteiger partial charge in [0.25, 0.3) is 0 Å². The molecule has 0 spiro atoms. The first-order valence-electron chi connectivity index (χ1n) is 7.55. The van der Waals surface area contributed by atoms with E-state index < -0.39 is 24.6 Å². The maximum Gasteiger partial charge on any atom is 0.417 e. The van der Waals surface area contributed by atoms with E-state index in [1.807, 2.05) is 18.2 Å². The molecule has 0 aromatic heterocycles.